The molecule has 28 heavy (non-hydrogen) atoms. The third kappa shape index (κ3) is 4.45. The van der Waals surface area contributed by atoms with Crippen LogP contribution >= 0.6 is 11.3 Å². The molecule has 0 radical (unpaired) electrons. The summed E-state index contributed by atoms with van der Waals surface area (Å²) in [5, 5.41) is 8.58. The smallest absolute Gasteiger partial charge is 0.262 e. The van der Waals surface area contributed by atoms with Gasteiger partial charge >= 0.3 is 0 Å². The molecule has 3 rings (SSSR count). The molecule has 7 nitrogen and oxygen atoms in total. The lowest BCUT2D eigenvalue weighted by Gasteiger charge is -2.29. The molecule has 1 N–H and O–H groups in total. The van der Waals surface area contributed by atoms with Gasteiger partial charge in [0, 0.05) is 12.6 Å². The number of nitrogens with one attached hydrogen (secondary N) is 1. The van der Waals surface area contributed by atoms with Gasteiger partial charge < -0.3 is 14.7 Å². The van der Waals surface area contributed by atoms with Gasteiger partial charge in [-0.3, -0.25) is 9.59 Å². The summed E-state index contributed by atoms with van der Waals surface area (Å²) in [5.74, 6) is 0.270. The van der Waals surface area contributed by atoms with E-state index < -0.39 is 5.54 Å². The molecule has 0 aliphatic rings. The van der Waals surface area contributed by atoms with Gasteiger partial charge in [0.15, 0.2) is 0 Å². The number of nitrogens with zero attached hydrogens (tertiary/aromatic N) is 3. The topological polar surface area (TPSA) is 88.3 Å². The molecular formula is C20H22N4O3S. The number of hydrogen-bond donors (Lipinski definition) is 1. The molecule has 0 atom stereocenters. The average Bonchev–Trinajstić information content (AvgIpc) is 3.32. The molecule has 3 aromatic rings. The molecule has 0 fully saturated rings. The number of thiophene rings is 1. The first-order valence-electron chi connectivity index (χ1n) is 8.77. The number of aryl methyl sites for hydroxylation is 1. The van der Waals surface area contributed by atoms with Crippen molar-refractivity contribution >= 4 is 23.2 Å². The lowest BCUT2D eigenvalue weighted by atomic mass is 10.0. The van der Waals surface area contributed by atoms with Gasteiger partial charge in [0.05, 0.1) is 11.4 Å². The van der Waals surface area contributed by atoms with Crippen LogP contribution < -0.4 is 5.32 Å². The van der Waals surface area contributed by atoms with Crippen LogP contribution in [-0.2, 0) is 11.3 Å². The van der Waals surface area contributed by atoms with Crippen LogP contribution in [0.2, 0.25) is 0 Å². The summed E-state index contributed by atoms with van der Waals surface area (Å²) in [4.78, 5) is 31.5. The lowest BCUT2D eigenvalue weighted by Crippen LogP contribution is -2.54. The van der Waals surface area contributed by atoms with E-state index in [0.29, 0.717) is 16.6 Å². The van der Waals surface area contributed by atoms with Crippen LogP contribution in [-0.4, -0.2) is 39.4 Å². The molecular weight excluding hydrogens is 376 g/mol. The first kappa shape index (κ1) is 19.8. The summed E-state index contributed by atoms with van der Waals surface area (Å²) >= 11 is 1.33. The summed E-state index contributed by atoms with van der Waals surface area (Å²) in [7, 11) is 1.64. The number of amides is 2. The van der Waals surface area contributed by atoms with Gasteiger partial charge in [-0.1, -0.05) is 35.0 Å². The van der Waals surface area contributed by atoms with Crippen molar-refractivity contribution in [2.45, 2.75) is 32.9 Å². The van der Waals surface area contributed by atoms with Crippen LogP contribution in [0.1, 0.15) is 35.0 Å². The van der Waals surface area contributed by atoms with Gasteiger partial charge in [-0.05, 0) is 38.3 Å². The summed E-state index contributed by atoms with van der Waals surface area (Å²) in [6, 6.07) is 11.3. The fourth-order valence-electron chi connectivity index (χ4n) is 2.78. The predicted octanol–water partition coefficient (Wildman–Crippen LogP) is 3.27. The number of rotatable bonds is 6. The quantitative estimate of drug-likeness (QED) is 0.688. The van der Waals surface area contributed by atoms with E-state index in [9.17, 15) is 9.59 Å². The minimum atomic E-state index is -1.07. The van der Waals surface area contributed by atoms with Gasteiger partial charge in [-0.2, -0.15) is 4.98 Å². The van der Waals surface area contributed by atoms with E-state index >= 15 is 0 Å². The summed E-state index contributed by atoms with van der Waals surface area (Å²) < 4.78 is 5.29. The van der Waals surface area contributed by atoms with Gasteiger partial charge in [0.25, 0.3) is 5.91 Å². The first-order valence-corrected chi connectivity index (χ1v) is 9.65. The van der Waals surface area contributed by atoms with E-state index in [1.54, 1.807) is 33.0 Å². The van der Waals surface area contributed by atoms with E-state index in [0.717, 1.165) is 11.1 Å². The SMILES string of the molecule is Cc1cccc(-c2noc(CN(C)C(=O)C(C)(C)NC(=O)c3cccs3)n2)c1. The molecule has 2 heterocycles. The van der Waals surface area contributed by atoms with Gasteiger partial charge in [0.1, 0.15) is 5.54 Å². The third-order valence-corrected chi connectivity index (χ3v) is 5.04. The molecule has 146 valence electrons. The Kier molecular flexibility index (Phi) is 5.60. The van der Waals surface area contributed by atoms with E-state index in [1.807, 2.05) is 36.6 Å². The highest BCUT2D eigenvalue weighted by Crippen LogP contribution is 2.18. The number of carbonyl (C=O) groups is 2. The second kappa shape index (κ2) is 7.93. The van der Waals surface area contributed by atoms with Crippen molar-refractivity contribution < 1.29 is 14.1 Å². The monoisotopic (exact) mass is 398 g/mol. The standard InChI is InChI=1S/C20H22N4O3S/c1-13-7-5-8-14(11-13)17-21-16(27-23-17)12-24(4)19(26)20(2,3)22-18(25)15-9-6-10-28-15/h5-11H,12H2,1-4H3,(H,22,25). The summed E-state index contributed by atoms with van der Waals surface area (Å²) in [5.41, 5.74) is 0.877. The molecule has 1 aromatic carbocycles. The molecule has 2 aromatic heterocycles. The number of benzene rings is 1. The average molecular weight is 398 g/mol. The largest absolute Gasteiger partial charge is 0.337 e. The second-order valence-corrected chi connectivity index (χ2v) is 8.05. The molecule has 8 heteroatoms. The Morgan fingerprint density at radius 3 is 2.71 bits per heavy atom. The minimum absolute atomic E-state index is 0.149. The maximum Gasteiger partial charge on any atom is 0.262 e. The van der Waals surface area contributed by atoms with Crippen molar-refractivity contribution in [1.82, 2.24) is 20.4 Å². The van der Waals surface area contributed by atoms with E-state index in [2.05, 4.69) is 15.5 Å². The maximum absolute atomic E-state index is 12.8. The lowest BCUT2D eigenvalue weighted by molar-refractivity contribution is -0.136. The number of aromatic nitrogens is 2. The van der Waals surface area contributed by atoms with E-state index in [-0.39, 0.29) is 18.4 Å². The summed E-state index contributed by atoms with van der Waals surface area (Å²) in [6.07, 6.45) is 0. The molecule has 0 saturated carbocycles. The zero-order valence-corrected chi connectivity index (χ0v) is 17.0. The summed E-state index contributed by atoms with van der Waals surface area (Å²) in [6.45, 7) is 5.48. The van der Waals surface area contributed by atoms with Gasteiger partial charge in [-0.25, -0.2) is 0 Å². The molecule has 0 aliphatic carbocycles. The van der Waals surface area contributed by atoms with Crippen LogP contribution in [0.15, 0.2) is 46.3 Å². The first-order chi connectivity index (χ1) is 13.3. The molecule has 0 unspecified atom stereocenters. The number of hydrogen-bond acceptors (Lipinski definition) is 6. The number of carbonyl (C=O) groups excluding carboxylic acids is 2. The normalized spacial score (nSPS) is 11.3. The Morgan fingerprint density at radius 1 is 1.25 bits per heavy atom. The van der Waals surface area contributed by atoms with E-state index in [1.165, 1.54) is 16.2 Å². The van der Waals surface area contributed by atoms with Crippen LogP contribution in [0.25, 0.3) is 11.4 Å². The predicted molar refractivity (Wildman–Crippen MR) is 107 cm³/mol. The molecule has 2 amide bonds. The fraction of sp³-hybridized carbons (Fsp3) is 0.300. The van der Waals surface area contributed by atoms with Crippen molar-refractivity contribution in [2.24, 2.45) is 0 Å². The molecule has 0 spiro atoms. The highest BCUT2D eigenvalue weighted by Gasteiger charge is 2.33. The Labute approximate surface area is 167 Å². The van der Waals surface area contributed by atoms with Crippen molar-refractivity contribution in [3.05, 3.63) is 58.1 Å². The Hall–Kier alpha value is -3.00. The van der Waals surface area contributed by atoms with Crippen LogP contribution in [0.4, 0.5) is 0 Å². The van der Waals surface area contributed by atoms with Gasteiger partial charge in [0.2, 0.25) is 17.6 Å². The van der Waals surface area contributed by atoms with Gasteiger partial charge in [-0.15, -0.1) is 11.3 Å². The maximum atomic E-state index is 12.8. The van der Waals surface area contributed by atoms with Crippen molar-refractivity contribution in [2.75, 3.05) is 7.05 Å². The van der Waals surface area contributed by atoms with Crippen molar-refractivity contribution in [3.63, 3.8) is 0 Å². The van der Waals surface area contributed by atoms with Crippen LogP contribution in [0, 0.1) is 6.92 Å². The van der Waals surface area contributed by atoms with Crippen LogP contribution in [0.5, 0.6) is 0 Å². The molecule has 0 aliphatic heterocycles. The minimum Gasteiger partial charge on any atom is -0.337 e. The highest BCUT2D eigenvalue weighted by atomic mass is 32.1. The molecule has 0 saturated heterocycles. The van der Waals surface area contributed by atoms with E-state index in [4.69, 9.17) is 4.52 Å². The van der Waals surface area contributed by atoms with Crippen LogP contribution in [0.3, 0.4) is 0 Å². The Bertz CT molecular complexity index is 979. The Morgan fingerprint density at radius 2 is 2.04 bits per heavy atom. The Balaban J connectivity index is 1.66. The van der Waals surface area contributed by atoms with Crippen molar-refractivity contribution in [3.8, 4) is 11.4 Å². The second-order valence-electron chi connectivity index (χ2n) is 7.10. The fourth-order valence-corrected chi connectivity index (χ4v) is 3.40. The van der Waals surface area contributed by atoms with Crippen molar-refractivity contribution in [1.29, 1.82) is 0 Å². The highest BCUT2D eigenvalue weighted by molar-refractivity contribution is 7.12. The third-order valence-electron chi connectivity index (χ3n) is 4.17. The zero-order valence-electron chi connectivity index (χ0n) is 16.2. The molecule has 0 bridgehead atoms. The number of likely N-dealkylation sites (N-methyl/N-ethyl adjacent to an activating group) is 1. The zero-order chi connectivity index (χ0) is 20.3.